The summed E-state index contributed by atoms with van der Waals surface area (Å²) in [4.78, 5) is 26.1. The molecule has 1 fully saturated rings. The van der Waals surface area contributed by atoms with Gasteiger partial charge >= 0.3 is 12.1 Å². The minimum Gasteiger partial charge on any atom is -0.480 e. The molecule has 1 aliphatic heterocycles. The molecular formula is C25H29NO5. The van der Waals surface area contributed by atoms with Gasteiger partial charge in [-0.15, -0.1) is 0 Å². The fourth-order valence-electron chi connectivity index (χ4n) is 4.67. The van der Waals surface area contributed by atoms with Crippen molar-refractivity contribution < 1.29 is 24.2 Å². The fourth-order valence-corrected chi connectivity index (χ4v) is 4.67. The second-order valence-electron chi connectivity index (χ2n) is 9.24. The molecule has 164 valence electrons. The first-order valence-electron chi connectivity index (χ1n) is 10.8. The van der Waals surface area contributed by atoms with Gasteiger partial charge in [-0.25, -0.2) is 9.59 Å². The highest BCUT2D eigenvalue weighted by Gasteiger charge is 2.39. The number of carbonyl (C=O) groups is 2. The van der Waals surface area contributed by atoms with Crippen LogP contribution in [0.25, 0.3) is 11.1 Å². The van der Waals surface area contributed by atoms with Crippen LogP contribution in [-0.4, -0.2) is 53.0 Å². The van der Waals surface area contributed by atoms with Crippen molar-refractivity contribution in [3.63, 3.8) is 0 Å². The number of ether oxygens (including phenoxy) is 2. The molecule has 0 bridgehead atoms. The number of fused-ring (bicyclic) bond motifs is 3. The Morgan fingerprint density at radius 1 is 1.00 bits per heavy atom. The normalized spacial score (nSPS) is 20.8. The largest absolute Gasteiger partial charge is 0.480 e. The zero-order chi connectivity index (χ0) is 22.2. The Morgan fingerprint density at radius 3 is 2.13 bits per heavy atom. The molecule has 1 aliphatic carbocycles. The fraction of sp³-hybridized carbons (Fsp3) is 0.440. The van der Waals surface area contributed by atoms with E-state index in [9.17, 15) is 14.7 Å². The second kappa shape index (κ2) is 8.35. The van der Waals surface area contributed by atoms with Crippen LogP contribution in [0.15, 0.2) is 48.5 Å². The highest BCUT2D eigenvalue weighted by Crippen LogP contribution is 2.44. The minimum atomic E-state index is -1.01. The van der Waals surface area contributed by atoms with Crippen LogP contribution < -0.4 is 0 Å². The lowest BCUT2D eigenvalue weighted by atomic mass is 9.98. The summed E-state index contributed by atoms with van der Waals surface area (Å²) in [7, 11) is 0. The van der Waals surface area contributed by atoms with Gasteiger partial charge in [-0.3, -0.25) is 4.90 Å². The molecular weight excluding hydrogens is 394 g/mol. The van der Waals surface area contributed by atoms with E-state index in [1.54, 1.807) is 0 Å². The molecule has 2 aromatic rings. The van der Waals surface area contributed by atoms with Gasteiger partial charge < -0.3 is 14.6 Å². The molecule has 2 aliphatic rings. The van der Waals surface area contributed by atoms with Crippen LogP contribution in [-0.2, 0) is 14.3 Å². The van der Waals surface area contributed by atoms with E-state index in [-0.39, 0.29) is 30.8 Å². The maximum atomic E-state index is 13.0. The maximum Gasteiger partial charge on any atom is 0.410 e. The molecule has 1 saturated heterocycles. The molecule has 0 aromatic heterocycles. The standard InChI is InChI=1S/C25H29NO5/c1-25(2,3)31-16-12-13-22(23(27)28)26(14-16)24(29)30-15-21-19-10-6-4-8-17(19)18-9-5-7-11-20(18)21/h4-11,16,21-22H,12-15H2,1-3H3,(H,27,28)/t16-,22-/m0/s1. The Balaban J connectivity index is 1.50. The summed E-state index contributed by atoms with van der Waals surface area (Å²) in [5, 5.41) is 9.63. The van der Waals surface area contributed by atoms with Gasteiger partial charge in [0.15, 0.2) is 0 Å². The number of hydrogen-bond donors (Lipinski definition) is 1. The zero-order valence-corrected chi connectivity index (χ0v) is 18.2. The Hall–Kier alpha value is -2.86. The van der Waals surface area contributed by atoms with Crippen LogP contribution in [0.1, 0.15) is 50.7 Å². The topological polar surface area (TPSA) is 76.1 Å². The van der Waals surface area contributed by atoms with Crippen molar-refractivity contribution in [2.75, 3.05) is 13.2 Å². The van der Waals surface area contributed by atoms with E-state index in [1.807, 2.05) is 45.0 Å². The smallest absolute Gasteiger partial charge is 0.410 e. The Kier molecular flexibility index (Phi) is 5.75. The summed E-state index contributed by atoms with van der Waals surface area (Å²) in [6.07, 6.45) is 0.134. The van der Waals surface area contributed by atoms with Crippen LogP contribution in [0.4, 0.5) is 4.79 Å². The first-order valence-corrected chi connectivity index (χ1v) is 10.8. The molecule has 1 amide bonds. The molecule has 2 aromatic carbocycles. The van der Waals surface area contributed by atoms with E-state index in [4.69, 9.17) is 9.47 Å². The first kappa shape index (κ1) is 21.4. The molecule has 0 unspecified atom stereocenters. The van der Waals surface area contributed by atoms with Gasteiger partial charge in [0.2, 0.25) is 0 Å². The van der Waals surface area contributed by atoms with Gasteiger partial charge in [-0.1, -0.05) is 48.5 Å². The number of hydrogen-bond acceptors (Lipinski definition) is 4. The molecule has 0 radical (unpaired) electrons. The lowest BCUT2D eigenvalue weighted by Gasteiger charge is -2.39. The van der Waals surface area contributed by atoms with E-state index in [0.29, 0.717) is 12.8 Å². The lowest BCUT2D eigenvalue weighted by molar-refractivity contribution is -0.148. The number of rotatable bonds is 4. The highest BCUT2D eigenvalue weighted by atomic mass is 16.6. The monoisotopic (exact) mass is 423 g/mol. The molecule has 0 spiro atoms. The summed E-state index contributed by atoms with van der Waals surface area (Å²) in [6, 6.07) is 15.4. The van der Waals surface area contributed by atoms with Gasteiger partial charge in [0.05, 0.1) is 18.2 Å². The van der Waals surface area contributed by atoms with Crippen molar-refractivity contribution in [1.29, 1.82) is 0 Å². The zero-order valence-electron chi connectivity index (χ0n) is 18.2. The Labute approximate surface area is 182 Å². The molecule has 0 saturated carbocycles. The SMILES string of the molecule is CC(C)(C)O[C@H]1CC[C@@H](C(=O)O)N(C(=O)OCC2c3ccccc3-c3ccccc32)C1. The molecule has 2 atom stereocenters. The van der Waals surface area contributed by atoms with Gasteiger partial charge in [0.1, 0.15) is 12.6 Å². The highest BCUT2D eigenvalue weighted by molar-refractivity contribution is 5.81. The van der Waals surface area contributed by atoms with Gasteiger partial charge in [0.25, 0.3) is 0 Å². The predicted molar refractivity (Wildman–Crippen MR) is 117 cm³/mol. The molecule has 31 heavy (non-hydrogen) atoms. The second-order valence-corrected chi connectivity index (χ2v) is 9.24. The number of carboxylic acid groups (broad SMARTS) is 1. The molecule has 6 heteroatoms. The number of carboxylic acids is 1. The summed E-state index contributed by atoms with van der Waals surface area (Å²) in [5.74, 6) is -1.08. The van der Waals surface area contributed by atoms with E-state index in [1.165, 1.54) is 4.90 Å². The summed E-state index contributed by atoms with van der Waals surface area (Å²) >= 11 is 0. The van der Waals surface area contributed by atoms with Crippen LogP contribution in [0.3, 0.4) is 0 Å². The third-order valence-electron chi connectivity index (χ3n) is 5.91. The third-order valence-corrected chi connectivity index (χ3v) is 5.91. The summed E-state index contributed by atoms with van der Waals surface area (Å²) in [6.45, 7) is 6.24. The van der Waals surface area contributed by atoms with Crippen LogP contribution in [0, 0.1) is 0 Å². The average Bonchev–Trinajstić information content (AvgIpc) is 3.04. The number of likely N-dealkylation sites (tertiary alicyclic amines) is 1. The average molecular weight is 424 g/mol. The molecule has 1 heterocycles. The predicted octanol–water partition coefficient (Wildman–Crippen LogP) is 4.67. The van der Waals surface area contributed by atoms with E-state index in [2.05, 4.69) is 24.3 Å². The third kappa shape index (κ3) is 4.44. The quantitative estimate of drug-likeness (QED) is 0.774. The number of amides is 1. The van der Waals surface area contributed by atoms with Crippen LogP contribution >= 0.6 is 0 Å². The molecule has 6 nitrogen and oxygen atoms in total. The number of benzene rings is 2. The maximum absolute atomic E-state index is 13.0. The number of nitrogens with zero attached hydrogens (tertiary/aromatic N) is 1. The van der Waals surface area contributed by atoms with Crippen LogP contribution in [0.5, 0.6) is 0 Å². The number of aliphatic carboxylic acids is 1. The van der Waals surface area contributed by atoms with E-state index >= 15 is 0 Å². The Bertz CT molecular complexity index is 934. The van der Waals surface area contributed by atoms with Gasteiger partial charge in [-0.05, 0) is 55.9 Å². The van der Waals surface area contributed by atoms with Crippen molar-refractivity contribution in [1.82, 2.24) is 4.90 Å². The van der Waals surface area contributed by atoms with Gasteiger partial charge in [0, 0.05) is 5.92 Å². The van der Waals surface area contributed by atoms with Crippen molar-refractivity contribution in [3.8, 4) is 11.1 Å². The van der Waals surface area contributed by atoms with Crippen LogP contribution in [0.2, 0.25) is 0 Å². The van der Waals surface area contributed by atoms with Crippen molar-refractivity contribution in [2.45, 2.75) is 57.3 Å². The van der Waals surface area contributed by atoms with Crippen molar-refractivity contribution in [2.24, 2.45) is 0 Å². The lowest BCUT2D eigenvalue weighted by Crippen LogP contribution is -2.54. The van der Waals surface area contributed by atoms with Crippen molar-refractivity contribution >= 4 is 12.1 Å². The summed E-state index contributed by atoms with van der Waals surface area (Å²) in [5.41, 5.74) is 4.18. The first-order chi connectivity index (χ1) is 14.7. The number of carbonyl (C=O) groups excluding carboxylic acids is 1. The van der Waals surface area contributed by atoms with Gasteiger partial charge in [-0.2, -0.15) is 0 Å². The number of piperidine rings is 1. The molecule has 1 N–H and O–H groups in total. The van der Waals surface area contributed by atoms with E-state index < -0.39 is 18.1 Å². The van der Waals surface area contributed by atoms with Crippen molar-refractivity contribution in [3.05, 3.63) is 59.7 Å². The molecule has 4 rings (SSSR count). The van der Waals surface area contributed by atoms with E-state index in [0.717, 1.165) is 22.3 Å². The Morgan fingerprint density at radius 2 is 1.58 bits per heavy atom. The summed E-state index contributed by atoms with van der Waals surface area (Å²) < 4.78 is 11.7. The minimum absolute atomic E-state index is 0.0639.